The van der Waals surface area contributed by atoms with Gasteiger partial charge in [-0.25, -0.2) is 0 Å². The number of hydrogen-bond acceptors (Lipinski definition) is 4. The third kappa shape index (κ3) is 6.57. The van der Waals surface area contributed by atoms with Crippen molar-refractivity contribution in [1.29, 1.82) is 0 Å². The molecule has 0 unspecified atom stereocenters. The predicted octanol–water partition coefficient (Wildman–Crippen LogP) is 4.19. The zero-order valence-electron chi connectivity index (χ0n) is 19.2. The van der Waals surface area contributed by atoms with Gasteiger partial charge >= 0.3 is 0 Å². The molecule has 160 valence electrons. The highest BCUT2D eigenvalue weighted by molar-refractivity contribution is 6.77. The minimum atomic E-state index is -2.06. The lowest BCUT2D eigenvalue weighted by Gasteiger charge is -2.43. The van der Waals surface area contributed by atoms with Crippen LogP contribution < -0.4 is 0 Å². The van der Waals surface area contributed by atoms with E-state index < -0.39 is 32.5 Å². The van der Waals surface area contributed by atoms with Crippen LogP contribution in [0.4, 0.5) is 0 Å². The Bertz CT molecular complexity index is 459. The molecule has 27 heavy (non-hydrogen) atoms. The van der Waals surface area contributed by atoms with E-state index >= 15 is 0 Å². The Hall–Kier alpha value is -0.383. The number of hydrogen-bond donors (Lipinski definition) is 3. The first-order valence-electron chi connectivity index (χ1n) is 10.4. The molecule has 3 N–H and O–H groups in total. The van der Waals surface area contributed by atoms with E-state index in [2.05, 4.69) is 53.4 Å². The minimum Gasteiger partial charge on any atom is -0.413 e. The topological polar surface area (TPSA) is 69.9 Å². The Morgan fingerprint density at radius 2 is 1.19 bits per heavy atom. The maximum Gasteiger partial charge on any atom is 0.200 e. The van der Waals surface area contributed by atoms with Gasteiger partial charge < -0.3 is 19.7 Å². The summed E-state index contributed by atoms with van der Waals surface area (Å²) in [6.45, 7) is 20.7. The molecule has 4 nitrogen and oxygen atoms in total. The van der Waals surface area contributed by atoms with Crippen molar-refractivity contribution in [1.82, 2.24) is 0 Å². The maximum atomic E-state index is 10.7. The van der Waals surface area contributed by atoms with Gasteiger partial charge in [0.15, 0.2) is 8.32 Å². The quantitative estimate of drug-likeness (QED) is 0.359. The normalized spacial score (nSPS) is 19.4. The first-order chi connectivity index (χ1) is 12.3. The second-order valence-electron chi connectivity index (χ2n) is 9.08. The zero-order chi connectivity index (χ0) is 21.5. The fourth-order valence-corrected chi connectivity index (χ4v) is 10.0. The third-order valence-corrected chi connectivity index (χ3v) is 12.4. The van der Waals surface area contributed by atoms with Crippen molar-refractivity contribution in [3.8, 4) is 11.8 Å². The number of aliphatic hydroxyl groups is 3. The van der Waals surface area contributed by atoms with E-state index in [1.54, 1.807) is 6.92 Å². The zero-order valence-corrected chi connectivity index (χ0v) is 20.2. The van der Waals surface area contributed by atoms with Crippen LogP contribution in [0.3, 0.4) is 0 Å². The summed E-state index contributed by atoms with van der Waals surface area (Å²) in [4.78, 5) is 0. The van der Waals surface area contributed by atoms with Crippen LogP contribution in [0, 0.1) is 29.6 Å². The molecule has 0 aromatic heterocycles. The van der Waals surface area contributed by atoms with Gasteiger partial charge in [-0.2, -0.15) is 0 Å². The van der Waals surface area contributed by atoms with Crippen molar-refractivity contribution < 1.29 is 19.7 Å². The predicted molar refractivity (Wildman–Crippen MR) is 116 cm³/mol. The van der Waals surface area contributed by atoms with Crippen molar-refractivity contribution >= 4 is 8.32 Å². The molecular formula is C22H44O4Si. The first kappa shape index (κ1) is 26.6. The summed E-state index contributed by atoms with van der Waals surface area (Å²) in [5.74, 6) is 4.75. The highest BCUT2D eigenvalue weighted by Gasteiger charge is 2.45. The van der Waals surface area contributed by atoms with Crippen LogP contribution in [-0.2, 0) is 4.43 Å². The van der Waals surface area contributed by atoms with Crippen LogP contribution in [0.25, 0.3) is 0 Å². The summed E-state index contributed by atoms with van der Waals surface area (Å²) in [5, 5.41) is 31.8. The molecule has 0 heterocycles. The van der Waals surface area contributed by atoms with Gasteiger partial charge in [0, 0.05) is 17.8 Å². The van der Waals surface area contributed by atoms with Gasteiger partial charge in [0.05, 0.1) is 24.9 Å². The molecule has 0 aromatic carbocycles. The molecule has 0 bridgehead atoms. The molecule has 0 saturated heterocycles. The fraction of sp³-hybridized carbons (Fsp3) is 0.909. The molecule has 6 atom stereocenters. The summed E-state index contributed by atoms with van der Waals surface area (Å²) in [5.41, 5.74) is 1.33. The van der Waals surface area contributed by atoms with Crippen LogP contribution in [0.2, 0.25) is 16.6 Å². The van der Waals surface area contributed by atoms with Crippen LogP contribution in [0.15, 0.2) is 0 Å². The SMILES string of the molecule is CC#C[C@H](C)[C@H](O)[C@H](C)[C@H](O)[C@H](C)[C@H](O)CO[Si](C(C)C)(C(C)C)C(C)C. The maximum absolute atomic E-state index is 10.7. The van der Waals surface area contributed by atoms with Crippen molar-refractivity contribution in [3.05, 3.63) is 0 Å². The molecule has 0 radical (unpaired) electrons. The van der Waals surface area contributed by atoms with E-state index in [1.807, 2.05) is 20.8 Å². The first-order valence-corrected chi connectivity index (χ1v) is 12.6. The van der Waals surface area contributed by atoms with Crippen molar-refractivity contribution in [3.63, 3.8) is 0 Å². The van der Waals surface area contributed by atoms with Gasteiger partial charge in [0.25, 0.3) is 0 Å². The lowest BCUT2D eigenvalue weighted by atomic mass is 9.82. The smallest absolute Gasteiger partial charge is 0.200 e. The molecule has 0 spiro atoms. The second kappa shape index (κ2) is 11.6. The number of rotatable bonds is 11. The summed E-state index contributed by atoms with van der Waals surface area (Å²) < 4.78 is 6.47. The Morgan fingerprint density at radius 3 is 1.56 bits per heavy atom. The highest BCUT2D eigenvalue weighted by atomic mass is 28.4. The van der Waals surface area contributed by atoms with Gasteiger partial charge in [-0.05, 0) is 30.5 Å². The van der Waals surface area contributed by atoms with Crippen LogP contribution in [-0.4, -0.2) is 48.6 Å². The summed E-state index contributed by atoms with van der Waals surface area (Å²) in [6.07, 6.45) is -2.34. The van der Waals surface area contributed by atoms with Crippen LogP contribution in [0.1, 0.15) is 69.2 Å². The van der Waals surface area contributed by atoms with Crippen LogP contribution in [0.5, 0.6) is 0 Å². The van der Waals surface area contributed by atoms with Crippen LogP contribution >= 0.6 is 0 Å². The van der Waals surface area contributed by atoms with Crippen molar-refractivity contribution in [2.75, 3.05) is 6.61 Å². The molecule has 0 aromatic rings. The standard InChI is InChI=1S/C22H44O4Si/c1-11-12-17(8)21(24)19(10)22(25)18(9)20(23)13-26-27(14(2)3,15(4)5)16(6)7/h14-25H,13H2,1-10H3/t17-,18+,19-,20+,21-,22+/m0/s1. The molecule has 0 aliphatic carbocycles. The minimum absolute atomic E-state index is 0.219. The van der Waals surface area contributed by atoms with Gasteiger partial charge in [0.2, 0.25) is 0 Å². The summed E-state index contributed by atoms with van der Waals surface area (Å²) in [7, 11) is -2.06. The molecule has 0 amide bonds. The van der Waals surface area contributed by atoms with Crippen molar-refractivity contribution in [2.24, 2.45) is 17.8 Å². The molecule has 0 saturated carbocycles. The molecular weight excluding hydrogens is 356 g/mol. The molecule has 0 fully saturated rings. The van der Waals surface area contributed by atoms with Gasteiger partial charge in [-0.1, -0.05) is 61.3 Å². The Balaban J connectivity index is 5.12. The summed E-state index contributed by atoms with van der Waals surface area (Å²) in [6, 6.07) is 0. The average Bonchev–Trinajstić information content (AvgIpc) is 2.58. The lowest BCUT2D eigenvalue weighted by molar-refractivity contribution is -0.0615. The summed E-state index contributed by atoms with van der Waals surface area (Å²) >= 11 is 0. The fourth-order valence-electron chi connectivity index (χ4n) is 4.56. The van der Waals surface area contributed by atoms with Crippen molar-refractivity contribution in [2.45, 2.75) is 104 Å². The van der Waals surface area contributed by atoms with E-state index in [1.165, 1.54) is 0 Å². The number of aliphatic hydroxyl groups excluding tert-OH is 3. The highest BCUT2D eigenvalue weighted by Crippen LogP contribution is 2.42. The largest absolute Gasteiger partial charge is 0.413 e. The molecule has 5 heteroatoms. The van der Waals surface area contributed by atoms with Gasteiger partial charge in [-0.3, -0.25) is 0 Å². The van der Waals surface area contributed by atoms with E-state index in [0.717, 1.165) is 0 Å². The Kier molecular flexibility index (Phi) is 11.4. The molecule has 0 aliphatic heterocycles. The van der Waals surface area contributed by atoms with E-state index in [9.17, 15) is 15.3 Å². The molecule has 0 rings (SSSR count). The molecule has 0 aliphatic rings. The second-order valence-corrected chi connectivity index (χ2v) is 14.5. The average molecular weight is 401 g/mol. The van der Waals surface area contributed by atoms with Gasteiger partial charge in [0.1, 0.15) is 0 Å². The van der Waals surface area contributed by atoms with E-state index in [-0.39, 0.29) is 18.4 Å². The Labute approximate surface area is 168 Å². The Morgan fingerprint density at radius 1 is 0.741 bits per heavy atom. The van der Waals surface area contributed by atoms with Gasteiger partial charge in [-0.15, -0.1) is 5.92 Å². The van der Waals surface area contributed by atoms with E-state index in [0.29, 0.717) is 16.6 Å². The lowest BCUT2D eigenvalue weighted by Crippen LogP contribution is -2.50. The van der Waals surface area contributed by atoms with E-state index in [4.69, 9.17) is 4.43 Å². The monoisotopic (exact) mass is 400 g/mol. The third-order valence-electron chi connectivity index (χ3n) is 6.32.